The van der Waals surface area contributed by atoms with Gasteiger partial charge in [0.15, 0.2) is 0 Å². The van der Waals surface area contributed by atoms with Crippen LogP contribution in [0.5, 0.6) is 0 Å². The maximum Gasteiger partial charge on any atom is 0.335 e. The number of nitrogens with one attached hydrogen (secondary N) is 1. The third kappa shape index (κ3) is 2.37. The van der Waals surface area contributed by atoms with E-state index in [1.807, 2.05) is 0 Å². The van der Waals surface area contributed by atoms with Crippen molar-refractivity contribution in [2.75, 3.05) is 5.32 Å². The Balaban J connectivity index is 2.52. The number of carbonyl (C=O) groups excluding carboxylic acids is 1. The predicted molar refractivity (Wildman–Crippen MR) is 64.8 cm³/mol. The number of benzene rings is 1. The summed E-state index contributed by atoms with van der Waals surface area (Å²) in [6, 6.07) is 4.51. The van der Waals surface area contributed by atoms with Gasteiger partial charge in [0.05, 0.1) is 23.3 Å². The van der Waals surface area contributed by atoms with Gasteiger partial charge in [0.25, 0.3) is 0 Å². The number of aromatic nitrogens is 2. The lowest BCUT2D eigenvalue weighted by molar-refractivity contribution is -0.114. The van der Waals surface area contributed by atoms with Crippen LogP contribution in [0.25, 0.3) is 5.69 Å². The molecule has 2 aromatic rings. The average Bonchev–Trinajstić information content (AvgIpc) is 2.81. The van der Waals surface area contributed by atoms with Gasteiger partial charge in [-0.05, 0) is 18.2 Å². The zero-order chi connectivity index (χ0) is 13.1. The molecule has 6 heteroatoms. The van der Waals surface area contributed by atoms with Gasteiger partial charge in [0.2, 0.25) is 5.91 Å². The topological polar surface area (TPSA) is 84.2 Å². The number of nitrogens with zero attached hydrogens (tertiary/aromatic N) is 2. The van der Waals surface area contributed by atoms with E-state index in [9.17, 15) is 9.59 Å². The van der Waals surface area contributed by atoms with Gasteiger partial charge in [-0.3, -0.25) is 4.79 Å². The molecule has 0 atom stereocenters. The van der Waals surface area contributed by atoms with Gasteiger partial charge in [-0.25, -0.2) is 9.78 Å². The minimum atomic E-state index is -1.04. The molecule has 0 aliphatic carbocycles. The first-order valence-corrected chi connectivity index (χ1v) is 5.21. The molecule has 0 spiro atoms. The Labute approximate surface area is 103 Å². The van der Waals surface area contributed by atoms with Gasteiger partial charge in [0, 0.05) is 19.3 Å². The molecule has 0 unspecified atom stereocenters. The Hall–Kier alpha value is -2.63. The zero-order valence-corrected chi connectivity index (χ0v) is 9.62. The Kier molecular flexibility index (Phi) is 3.09. The van der Waals surface area contributed by atoms with E-state index in [1.165, 1.54) is 19.1 Å². The van der Waals surface area contributed by atoms with Crippen LogP contribution in [-0.2, 0) is 4.79 Å². The first-order chi connectivity index (χ1) is 8.58. The van der Waals surface area contributed by atoms with Crippen molar-refractivity contribution in [1.82, 2.24) is 9.55 Å². The quantitative estimate of drug-likeness (QED) is 0.858. The fourth-order valence-corrected chi connectivity index (χ4v) is 1.59. The van der Waals surface area contributed by atoms with E-state index in [0.717, 1.165) is 0 Å². The van der Waals surface area contributed by atoms with Crippen molar-refractivity contribution in [3.8, 4) is 5.69 Å². The second-order valence-corrected chi connectivity index (χ2v) is 3.69. The van der Waals surface area contributed by atoms with Crippen LogP contribution >= 0.6 is 0 Å². The molecule has 1 aromatic carbocycles. The number of rotatable bonds is 3. The number of anilines is 1. The molecule has 1 heterocycles. The van der Waals surface area contributed by atoms with E-state index in [0.29, 0.717) is 11.4 Å². The Morgan fingerprint density at radius 3 is 2.72 bits per heavy atom. The number of carbonyl (C=O) groups is 2. The number of carboxylic acids is 1. The summed E-state index contributed by atoms with van der Waals surface area (Å²) < 4.78 is 1.69. The summed E-state index contributed by atoms with van der Waals surface area (Å²) in [7, 11) is 0. The fourth-order valence-electron chi connectivity index (χ4n) is 1.59. The molecule has 92 valence electrons. The molecule has 1 aromatic heterocycles. The lowest BCUT2D eigenvalue weighted by Crippen LogP contribution is -2.10. The lowest BCUT2D eigenvalue weighted by atomic mass is 10.1. The van der Waals surface area contributed by atoms with Crippen molar-refractivity contribution < 1.29 is 14.7 Å². The molecule has 2 rings (SSSR count). The highest BCUT2D eigenvalue weighted by Crippen LogP contribution is 2.22. The summed E-state index contributed by atoms with van der Waals surface area (Å²) in [6.45, 7) is 1.37. The van der Waals surface area contributed by atoms with Crippen molar-refractivity contribution in [3.63, 3.8) is 0 Å². The summed E-state index contributed by atoms with van der Waals surface area (Å²) >= 11 is 0. The van der Waals surface area contributed by atoms with Gasteiger partial charge in [-0.1, -0.05) is 0 Å². The highest BCUT2D eigenvalue weighted by molar-refractivity contribution is 5.95. The van der Waals surface area contributed by atoms with Crippen LogP contribution in [-0.4, -0.2) is 26.5 Å². The summed E-state index contributed by atoms with van der Waals surface area (Å²) in [5, 5.41) is 11.5. The molecule has 0 radical (unpaired) electrons. The largest absolute Gasteiger partial charge is 0.478 e. The summed E-state index contributed by atoms with van der Waals surface area (Å²) in [5.74, 6) is -1.31. The molecular weight excluding hydrogens is 234 g/mol. The normalized spacial score (nSPS) is 10.1. The van der Waals surface area contributed by atoms with E-state index in [-0.39, 0.29) is 11.5 Å². The van der Waals surface area contributed by atoms with E-state index in [4.69, 9.17) is 5.11 Å². The molecular formula is C12H11N3O3. The van der Waals surface area contributed by atoms with Crippen molar-refractivity contribution in [2.45, 2.75) is 6.92 Å². The second kappa shape index (κ2) is 4.70. The van der Waals surface area contributed by atoms with Gasteiger partial charge < -0.3 is 15.0 Å². The van der Waals surface area contributed by atoms with Crippen LogP contribution in [0.2, 0.25) is 0 Å². The third-order valence-electron chi connectivity index (χ3n) is 2.34. The molecule has 0 fully saturated rings. The fraction of sp³-hybridized carbons (Fsp3) is 0.0833. The summed E-state index contributed by atoms with van der Waals surface area (Å²) in [6.07, 6.45) is 4.88. The molecule has 0 bridgehead atoms. The molecule has 0 saturated carbocycles. The molecule has 6 nitrogen and oxygen atoms in total. The Morgan fingerprint density at radius 1 is 1.39 bits per heavy atom. The molecule has 18 heavy (non-hydrogen) atoms. The third-order valence-corrected chi connectivity index (χ3v) is 2.34. The highest BCUT2D eigenvalue weighted by atomic mass is 16.4. The molecule has 2 N–H and O–H groups in total. The van der Waals surface area contributed by atoms with E-state index < -0.39 is 5.97 Å². The van der Waals surface area contributed by atoms with Crippen LogP contribution in [0.15, 0.2) is 36.9 Å². The van der Waals surface area contributed by atoms with Crippen molar-refractivity contribution in [2.24, 2.45) is 0 Å². The van der Waals surface area contributed by atoms with Gasteiger partial charge in [0.1, 0.15) is 0 Å². The van der Waals surface area contributed by atoms with Crippen molar-refractivity contribution >= 4 is 17.6 Å². The smallest absolute Gasteiger partial charge is 0.335 e. The standard InChI is InChI=1S/C12H11N3O3/c1-8(16)14-10-6-9(12(17)18)2-3-11(10)15-5-4-13-7-15/h2-7H,1H3,(H,14,16)(H,17,18). The maximum absolute atomic E-state index is 11.1. The first-order valence-electron chi connectivity index (χ1n) is 5.21. The van der Waals surface area contributed by atoms with Crippen LogP contribution in [0.1, 0.15) is 17.3 Å². The van der Waals surface area contributed by atoms with Crippen LogP contribution in [0.4, 0.5) is 5.69 Å². The molecule has 0 aliphatic rings. The minimum absolute atomic E-state index is 0.114. The van der Waals surface area contributed by atoms with Crippen molar-refractivity contribution in [3.05, 3.63) is 42.5 Å². The number of hydrogen-bond donors (Lipinski definition) is 2. The van der Waals surface area contributed by atoms with Crippen molar-refractivity contribution in [1.29, 1.82) is 0 Å². The monoisotopic (exact) mass is 245 g/mol. The highest BCUT2D eigenvalue weighted by Gasteiger charge is 2.10. The van der Waals surface area contributed by atoms with Crippen LogP contribution < -0.4 is 5.32 Å². The minimum Gasteiger partial charge on any atom is -0.478 e. The number of imidazole rings is 1. The molecule has 1 amide bonds. The number of amides is 1. The first kappa shape index (κ1) is 11.8. The molecule has 0 aliphatic heterocycles. The number of hydrogen-bond acceptors (Lipinski definition) is 3. The summed E-state index contributed by atoms with van der Waals surface area (Å²) in [4.78, 5) is 25.9. The van der Waals surface area contributed by atoms with Gasteiger partial charge in [-0.2, -0.15) is 0 Å². The van der Waals surface area contributed by atoms with Crippen LogP contribution in [0, 0.1) is 0 Å². The average molecular weight is 245 g/mol. The predicted octanol–water partition coefficient (Wildman–Crippen LogP) is 1.53. The Morgan fingerprint density at radius 2 is 2.17 bits per heavy atom. The Bertz CT molecular complexity index is 591. The van der Waals surface area contributed by atoms with Crippen LogP contribution in [0.3, 0.4) is 0 Å². The van der Waals surface area contributed by atoms with E-state index >= 15 is 0 Å². The van der Waals surface area contributed by atoms with E-state index in [1.54, 1.807) is 29.4 Å². The maximum atomic E-state index is 11.1. The second-order valence-electron chi connectivity index (χ2n) is 3.69. The van der Waals surface area contributed by atoms with Gasteiger partial charge >= 0.3 is 5.97 Å². The summed E-state index contributed by atoms with van der Waals surface area (Å²) in [5.41, 5.74) is 1.20. The van der Waals surface area contributed by atoms with Gasteiger partial charge in [-0.15, -0.1) is 0 Å². The van der Waals surface area contributed by atoms with E-state index in [2.05, 4.69) is 10.3 Å². The SMILES string of the molecule is CC(=O)Nc1cc(C(=O)O)ccc1-n1ccnc1. The lowest BCUT2D eigenvalue weighted by Gasteiger charge is -2.11. The number of carboxylic acid groups (broad SMARTS) is 1. The zero-order valence-electron chi connectivity index (χ0n) is 9.62. The number of aromatic carboxylic acids is 1. The molecule has 0 saturated heterocycles.